The van der Waals surface area contributed by atoms with Crippen molar-refractivity contribution in [2.24, 2.45) is 11.8 Å². The number of ether oxygens (including phenoxy) is 1. The highest BCUT2D eigenvalue weighted by molar-refractivity contribution is 5.73. The fraction of sp³-hybridized carbons (Fsp3) is 0.933. The Labute approximate surface area is 121 Å². The molecule has 5 heteroatoms. The molecule has 0 aromatic heterocycles. The van der Waals surface area contributed by atoms with Crippen LogP contribution >= 0.6 is 0 Å². The number of likely N-dealkylation sites (tertiary alicyclic amines) is 1. The van der Waals surface area contributed by atoms with Gasteiger partial charge in [0, 0.05) is 38.1 Å². The van der Waals surface area contributed by atoms with Gasteiger partial charge in [0.2, 0.25) is 5.91 Å². The second-order valence-corrected chi connectivity index (χ2v) is 6.73. The van der Waals surface area contributed by atoms with E-state index in [-0.39, 0.29) is 5.91 Å². The number of hydrogen-bond donors (Lipinski definition) is 2. The van der Waals surface area contributed by atoms with E-state index in [9.17, 15) is 4.79 Å². The summed E-state index contributed by atoms with van der Waals surface area (Å²) in [5, 5.41) is 7.09. The Bertz CT molecular complexity index is 349. The van der Waals surface area contributed by atoms with Gasteiger partial charge in [-0.2, -0.15) is 0 Å². The topological polar surface area (TPSA) is 53.6 Å². The van der Waals surface area contributed by atoms with Crippen LogP contribution in [0.4, 0.5) is 0 Å². The first-order valence-corrected chi connectivity index (χ1v) is 7.92. The number of carbonyl (C=O) groups excluding carboxylic acids is 1. The second-order valence-electron chi connectivity index (χ2n) is 6.73. The monoisotopic (exact) mass is 281 g/mol. The van der Waals surface area contributed by atoms with Crippen LogP contribution < -0.4 is 10.6 Å². The van der Waals surface area contributed by atoms with Crippen LogP contribution in [0.1, 0.15) is 26.2 Å². The Morgan fingerprint density at radius 2 is 1.70 bits per heavy atom. The van der Waals surface area contributed by atoms with E-state index in [0.29, 0.717) is 30.0 Å². The minimum atomic E-state index is 0.237. The summed E-state index contributed by atoms with van der Waals surface area (Å²) in [7, 11) is 2.01. The number of amides is 1. The Morgan fingerprint density at radius 3 is 2.30 bits per heavy atom. The molecular weight excluding hydrogens is 254 g/mol. The van der Waals surface area contributed by atoms with Crippen LogP contribution in [0.15, 0.2) is 0 Å². The van der Waals surface area contributed by atoms with Gasteiger partial charge >= 0.3 is 0 Å². The van der Waals surface area contributed by atoms with E-state index in [4.69, 9.17) is 4.74 Å². The Balaban J connectivity index is 1.47. The van der Waals surface area contributed by atoms with E-state index in [1.807, 2.05) is 11.9 Å². The van der Waals surface area contributed by atoms with Gasteiger partial charge in [-0.25, -0.2) is 0 Å². The summed E-state index contributed by atoms with van der Waals surface area (Å²) < 4.78 is 5.66. The molecule has 1 aliphatic carbocycles. The van der Waals surface area contributed by atoms with E-state index < -0.39 is 0 Å². The normalized spacial score (nSPS) is 40.9. The largest absolute Gasteiger partial charge is 0.378 e. The molecule has 3 fully saturated rings. The third kappa shape index (κ3) is 3.00. The zero-order valence-electron chi connectivity index (χ0n) is 12.6. The molecule has 20 heavy (non-hydrogen) atoms. The highest BCUT2D eigenvalue weighted by atomic mass is 16.5. The summed E-state index contributed by atoms with van der Waals surface area (Å²) in [6, 6.07) is 1.58. The van der Waals surface area contributed by atoms with Gasteiger partial charge in [0.15, 0.2) is 0 Å². The van der Waals surface area contributed by atoms with Crippen molar-refractivity contribution >= 4 is 5.91 Å². The minimum absolute atomic E-state index is 0.237. The van der Waals surface area contributed by atoms with Gasteiger partial charge in [-0.1, -0.05) is 0 Å². The van der Waals surface area contributed by atoms with Crippen LogP contribution in [0.2, 0.25) is 0 Å². The van der Waals surface area contributed by atoms with Crippen molar-refractivity contribution < 1.29 is 9.53 Å². The summed E-state index contributed by atoms with van der Waals surface area (Å²) in [6.07, 6.45) is 3.59. The van der Waals surface area contributed by atoms with Gasteiger partial charge in [-0.15, -0.1) is 0 Å². The first-order chi connectivity index (χ1) is 9.65. The summed E-state index contributed by atoms with van der Waals surface area (Å²) in [5.41, 5.74) is 0. The molecule has 114 valence electrons. The highest BCUT2D eigenvalue weighted by Gasteiger charge is 2.42. The fourth-order valence-electron chi connectivity index (χ4n) is 4.18. The highest BCUT2D eigenvalue weighted by Crippen LogP contribution is 2.38. The van der Waals surface area contributed by atoms with Crippen molar-refractivity contribution in [3.63, 3.8) is 0 Å². The molecule has 2 aliphatic heterocycles. The van der Waals surface area contributed by atoms with Crippen LogP contribution in [0.25, 0.3) is 0 Å². The van der Waals surface area contributed by atoms with Gasteiger partial charge < -0.3 is 20.3 Å². The third-order valence-electron chi connectivity index (χ3n) is 5.28. The third-order valence-corrected chi connectivity index (χ3v) is 5.28. The predicted molar refractivity (Wildman–Crippen MR) is 77.5 cm³/mol. The molecule has 1 amide bonds. The maximum Gasteiger partial charge on any atom is 0.219 e. The number of likely N-dealkylation sites (N-methyl/N-ethyl adjacent to an activating group) is 1. The van der Waals surface area contributed by atoms with Crippen LogP contribution in [-0.2, 0) is 9.53 Å². The van der Waals surface area contributed by atoms with Crippen LogP contribution in [0.3, 0.4) is 0 Å². The van der Waals surface area contributed by atoms with Gasteiger partial charge in [-0.3, -0.25) is 4.79 Å². The predicted octanol–water partition coefficient (Wildman–Crippen LogP) is 0.210. The van der Waals surface area contributed by atoms with Gasteiger partial charge in [0.1, 0.15) is 0 Å². The molecular formula is C15H27N3O2. The summed E-state index contributed by atoms with van der Waals surface area (Å²) in [5.74, 6) is 1.66. The van der Waals surface area contributed by atoms with E-state index in [1.54, 1.807) is 6.92 Å². The molecule has 0 radical (unpaired) electrons. The van der Waals surface area contributed by atoms with Crippen molar-refractivity contribution in [1.29, 1.82) is 0 Å². The number of rotatable bonds is 3. The Morgan fingerprint density at radius 1 is 1.05 bits per heavy atom. The van der Waals surface area contributed by atoms with Crippen molar-refractivity contribution in [3.05, 3.63) is 0 Å². The maximum atomic E-state index is 11.4. The van der Waals surface area contributed by atoms with Gasteiger partial charge in [0.05, 0.1) is 13.2 Å². The van der Waals surface area contributed by atoms with E-state index >= 15 is 0 Å². The molecule has 2 heterocycles. The maximum absolute atomic E-state index is 11.4. The lowest BCUT2D eigenvalue weighted by Gasteiger charge is -2.32. The molecule has 5 nitrogen and oxygen atoms in total. The lowest BCUT2D eigenvalue weighted by atomic mass is 10.0. The fourth-order valence-corrected chi connectivity index (χ4v) is 4.18. The van der Waals surface area contributed by atoms with Gasteiger partial charge in [0.25, 0.3) is 0 Å². The summed E-state index contributed by atoms with van der Waals surface area (Å²) in [6.45, 7) is 5.30. The van der Waals surface area contributed by atoms with Crippen molar-refractivity contribution in [1.82, 2.24) is 15.5 Å². The van der Waals surface area contributed by atoms with Crippen LogP contribution in [0, 0.1) is 11.8 Å². The molecule has 2 N–H and O–H groups in total. The first-order valence-electron chi connectivity index (χ1n) is 7.92. The molecule has 0 bridgehead atoms. The van der Waals surface area contributed by atoms with E-state index in [1.165, 1.54) is 12.8 Å². The number of carbonyl (C=O) groups is 1. The average Bonchev–Trinajstić information content (AvgIpc) is 2.97. The average molecular weight is 281 g/mol. The minimum Gasteiger partial charge on any atom is -0.378 e. The second kappa shape index (κ2) is 6.00. The van der Waals surface area contributed by atoms with Crippen LogP contribution in [-0.4, -0.2) is 62.3 Å². The van der Waals surface area contributed by atoms with Crippen molar-refractivity contribution in [2.75, 3.05) is 33.4 Å². The number of nitrogens with one attached hydrogen (secondary N) is 2. The van der Waals surface area contributed by atoms with Gasteiger partial charge in [-0.05, 0) is 38.1 Å². The Kier molecular flexibility index (Phi) is 4.29. The molecule has 0 spiro atoms. The van der Waals surface area contributed by atoms with E-state index in [2.05, 4.69) is 10.6 Å². The lowest BCUT2D eigenvalue weighted by Crippen LogP contribution is -2.49. The smallest absolute Gasteiger partial charge is 0.219 e. The van der Waals surface area contributed by atoms with Crippen molar-refractivity contribution in [2.45, 2.75) is 44.3 Å². The van der Waals surface area contributed by atoms with E-state index in [0.717, 1.165) is 32.7 Å². The zero-order chi connectivity index (χ0) is 14.1. The number of fused-ring (bicyclic) bond motifs is 1. The number of nitrogens with zero attached hydrogens (tertiary/aromatic N) is 1. The molecule has 0 aromatic carbocycles. The quantitative estimate of drug-likeness (QED) is 0.776. The Hall–Kier alpha value is -0.650. The molecule has 4 atom stereocenters. The molecule has 0 aromatic rings. The molecule has 2 saturated heterocycles. The lowest BCUT2D eigenvalue weighted by molar-refractivity contribution is -0.128. The van der Waals surface area contributed by atoms with Crippen LogP contribution in [0.5, 0.6) is 0 Å². The molecule has 1 saturated carbocycles. The zero-order valence-corrected chi connectivity index (χ0v) is 12.6. The first kappa shape index (κ1) is 14.3. The standard InChI is InChI=1S/C15H27N3O2/c1-10(19)18-6-11-3-13(4-12(11)7-18)17-15-5-14(16-2)8-20-9-15/h11-17H,3-9H2,1-2H3. The SMILES string of the molecule is CNC1COCC(NC2CC3CN(C(C)=O)CC3C2)C1. The number of hydrogen-bond acceptors (Lipinski definition) is 4. The molecule has 3 rings (SSSR count). The summed E-state index contributed by atoms with van der Waals surface area (Å²) in [4.78, 5) is 13.5. The molecule has 3 aliphatic rings. The van der Waals surface area contributed by atoms with Crippen molar-refractivity contribution in [3.8, 4) is 0 Å². The summed E-state index contributed by atoms with van der Waals surface area (Å²) >= 11 is 0. The molecule has 4 unspecified atom stereocenters.